The van der Waals surface area contributed by atoms with Crippen LogP contribution in [-0.4, -0.2) is 47.4 Å². The number of nitrogens with one attached hydrogen (secondary N) is 1. The molecule has 6 nitrogen and oxygen atoms in total. The van der Waals surface area contributed by atoms with E-state index in [4.69, 9.17) is 4.74 Å². The molecule has 2 unspecified atom stereocenters. The fourth-order valence-electron chi connectivity index (χ4n) is 11.3. The van der Waals surface area contributed by atoms with Gasteiger partial charge in [-0.25, -0.2) is 0 Å². The quantitative estimate of drug-likeness (QED) is 0.0320. The number of allylic oxidation sites excluding steroid dienone is 7. The molecule has 0 radical (unpaired) electrons. The van der Waals surface area contributed by atoms with E-state index in [0.717, 1.165) is 51.4 Å². The molecule has 0 aromatic carbocycles. The Balaban J connectivity index is 3.39. The van der Waals surface area contributed by atoms with Crippen molar-refractivity contribution < 1.29 is 24.5 Å². The van der Waals surface area contributed by atoms with Crippen LogP contribution in [0.3, 0.4) is 0 Å². The number of amides is 1. The van der Waals surface area contributed by atoms with E-state index < -0.39 is 12.1 Å². The van der Waals surface area contributed by atoms with Crippen LogP contribution < -0.4 is 5.32 Å². The minimum absolute atomic E-state index is 0.0120. The van der Waals surface area contributed by atoms with Gasteiger partial charge < -0.3 is 20.3 Å². The number of rotatable bonds is 68. The molecule has 0 saturated carbocycles. The van der Waals surface area contributed by atoms with E-state index in [9.17, 15) is 19.8 Å². The predicted molar refractivity (Wildman–Crippen MR) is 356 cm³/mol. The van der Waals surface area contributed by atoms with Crippen molar-refractivity contribution in [1.82, 2.24) is 5.32 Å². The Bertz CT molecular complexity index is 1360. The highest BCUT2D eigenvalue weighted by molar-refractivity contribution is 5.76. The van der Waals surface area contributed by atoms with Crippen molar-refractivity contribution in [3.8, 4) is 0 Å². The number of unbranched alkanes of at least 4 members (excludes halogenated alkanes) is 51. The van der Waals surface area contributed by atoms with E-state index in [2.05, 4.69) is 55.6 Å². The molecule has 0 fully saturated rings. The van der Waals surface area contributed by atoms with Gasteiger partial charge in [-0.1, -0.05) is 339 Å². The van der Waals surface area contributed by atoms with Crippen molar-refractivity contribution in [1.29, 1.82) is 0 Å². The molecular formula is C75H141NO5. The molecule has 0 saturated heterocycles. The Hall–Kier alpha value is -2.18. The van der Waals surface area contributed by atoms with Gasteiger partial charge in [0, 0.05) is 12.8 Å². The topological polar surface area (TPSA) is 95.9 Å². The lowest BCUT2D eigenvalue weighted by Crippen LogP contribution is -2.45. The molecule has 0 spiro atoms. The van der Waals surface area contributed by atoms with Crippen LogP contribution in [0.15, 0.2) is 48.6 Å². The fraction of sp³-hybridized carbons (Fsp3) is 0.867. The Labute approximate surface area is 506 Å². The summed E-state index contributed by atoms with van der Waals surface area (Å²) < 4.78 is 5.51. The van der Waals surface area contributed by atoms with Gasteiger partial charge in [0.25, 0.3) is 0 Å². The monoisotopic (exact) mass is 1140 g/mol. The average Bonchev–Trinajstić information content (AvgIpc) is 3.47. The summed E-state index contributed by atoms with van der Waals surface area (Å²) >= 11 is 0. The molecule has 81 heavy (non-hydrogen) atoms. The van der Waals surface area contributed by atoms with Crippen LogP contribution in [-0.2, 0) is 14.3 Å². The van der Waals surface area contributed by atoms with Gasteiger partial charge in [0.2, 0.25) is 5.91 Å². The van der Waals surface area contributed by atoms with Crippen LogP contribution in [0.2, 0.25) is 0 Å². The third-order valence-corrected chi connectivity index (χ3v) is 16.8. The molecule has 0 aromatic heterocycles. The van der Waals surface area contributed by atoms with Crippen LogP contribution in [0.1, 0.15) is 393 Å². The molecule has 6 heteroatoms. The summed E-state index contributed by atoms with van der Waals surface area (Å²) in [6, 6.07) is -0.629. The number of aliphatic hydroxyl groups excluding tert-OH is 2. The van der Waals surface area contributed by atoms with E-state index in [1.54, 1.807) is 6.08 Å². The highest BCUT2D eigenvalue weighted by Crippen LogP contribution is 2.18. The van der Waals surface area contributed by atoms with Crippen molar-refractivity contribution in [2.45, 2.75) is 405 Å². The molecule has 0 aliphatic heterocycles. The smallest absolute Gasteiger partial charge is 0.305 e. The second-order valence-corrected chi connectivity index (χ2v) is 24.9. The third-order valence-electron chi connectivity index (χ3n) is 16.8. The zero-order valence-corrected chi connectivity index (χ0v) is 54.5. The van der Waals surface area contributed by atoms with Crippen LogP contribution in [0, 0.1) is 0 Å². The van der Waals surface area contributed by atoms with E-state index in [1.807, 2.05) is 6.08 Å². The van der Waals surface area contributed by atoms with Crippen molar-refractivity contribution in [3.63, 3.8) is 0 Å². The van der Waals surface area contributed by atoms with Crippen LogP contribution in [0.4, 0.5) is 0 Å². The maximum Gasteiger partial charge on any atom is 0.305 e. The highest BCUT2D eigenvalue weighted by atomic mass is 16.5. The standard InChI is InChI=1S/C75H141NO5/c1-3-5-7-9-11-13-15-17-19-21-32-37-41-45-49-53-57-61-65-69-75(80)81-70-66-62-58-54-50-46-42-38-34-31-29-27-25-23-22-24-26-28-30-33-36-40-44-48-52-56-60-64-68-74(79)76-72(71-77)73(78)67-63-59-55-51-47-43-39-35-20-18-16-14-12-10-8-6-4-2/h11,13,17,19,22-23,63,67,72-73,77-78H,3-10,12,14-16,18,20-21,24-62,64-66,68-71H2,1-2H3,(H,76,79)/b13-11-,19-17-,23-22-,67-63+. The zero-order chi connectivity index (χ0) is 58.5. The number of carbonyl (C=O) groups excluding carboxylic acids is 2. The van der Waals surface area contributed by atoms with Gasteiger partial charge in [-0.2, -0.15) is 0 Å². The summed E-state index contributed by atoms with van der Waals surface area (Å²) in [5.41, 5.74) is 0. The van der Waals surface area contributed by atoms with Crippen molar-refractivity contribution >= 4 is 11.9 Å². The second kappa shape index (κ2) is 70.3. The minimum atomic E-state index is -0.845. The van der Waals surface area contributed by atoms with Gasteiger partial charge in [0.05, 0.1) is 25.4 Å². The Morgan fingerprint density at radius 1 is 0.346 bits per heavy atom. The summed E-state index contributed by atoms with van der Waals surface area (Å²) in [6.45, 7) is 4.91. The normalized spacial score (nSPS) is 12.8. The van der Waals surface area contributed by atoms with E-state index in [1.165, 1.54) is 315 Å². The Kier molecular flexibility index (Phi) is 68.4. The minimum Gasteiger partial charge on any atom is -0.466 e. The molecule has 0 rings (SSSR count). The lowest BCUT2D eigenvalue weighted by molar-refractivity contribution is -0.143. The van der Waals surface area contributed by atoms with Crippen molar-refractivity contribution in [3.05, 3.63) is 48.6 Å². The Morgan fingerprint density at radius 3 is 0.975 bits per heavy atom. The van der Waals surface area contributed by atoms with Crippen molar-refractivity contribution in [2.75, 3.05) is 13.2 Å². The summed E-state index contributed by atoms with van der Waals surface area (Å²) in [6.07, 6.45) is 91.9. The maximum atomic E-state index is 12.5. The summed E-state index contributed by atoms with van der Waals surface area (Å²) in [5.74, 6) is -0.0535. The highest BCUT2D eigenvalue weighted by Gasteiger charge is 2.18. The lowest BCUT2D eigenvalue weighted by Gasteiger charge is -2.20. The third kappa shape index (κ3) is 66.8. The van der Waals surface area contributed by atoms with Gasteiger partial charge in [-0.3, -0.25) is 9.59 Å². The summed E-state index contributed by atoms with van der Waals surface area (Å²) in [7, 11) is 0. The number of hydrogen-bond acceptors (Lipinski definition) is 5. The summed E-state index contributed by atoms with van der Waals surface area (Å²) in [4.78, 5) is 24.6. The van der Waals surface area contributed by atoms with Gasteiger partial charge in [-0.15, -0.1) is 0 Å². The van der Waals surface area contributed by atoms with E-state index >= 15 is 0 Å². The first kappa shape index (κ1) is 78.8. The van der Waals surface area contributed by atoms with Crippen LogP contribution in [0.25, 0.3) is 0 Å². The lowest BCUT2D eigenvalue weighted by atomic mass is 10.0. The molecule has 2 atom stereocenters. The fourth-order valence-corrected chi connectivity index (χ4v) is 11.3. The molecule has 0 bridgehead atoms. The largest absolute Gasteiger partial charge is 0.466 e. The molecule has 0 aromatic rings. The second-order valence-electron chi connectivity index (χ2n) is 24.9. The SMILES string of the molecule is CCCCC/C=C\C/C=C\CCCCCCCCCCCC(=O)OCCCCCCCCCCCCCC/C=C\CCCCCCCCCCCCCCC(=O)NC(CO)C(O)/C=C/CCCCCCCCCCCCCCCCC. The summed E-state index contributed by atoms with van der Waals surface area (Å²) in [5, 5.41) is 23.2. The predicted octanol–water partition coefficient (Wildman–Crippen LogP) is 23.6. The number of hydrogen-bond donors (Lipinski definition) is 3. The first-order valence-corrected chi connectivity index (χ1v) is 36.4. The Morgan fingerprint density at radius 2 is 0.617 bits per heavy atom. The maximum absolute atomic E-state index is 12.5. The van der Waals surface area contributed by atoms with Crippen LogP contribution in [0.5, 0.6) is 0 Å². The number of esters is 1. The molecule has 1 amide bonds. The molecule has 0 heterocycles. The zero-order valence-electron chi connectivity index (χ0n) is 54.5. The number of ether oxygens (including phenoxy) is 1. The van der Waals surface area contributed by atoms with E-state index in [-0.39, 0.29) is 18.5 Å². The molecule has 3 N–H and O–H groups in total. The van der Waals surface area contributed by atoms with E-state index in [0.29, 0.717) is 19.4 Å². The number of carbonyl (C=O) groups is 2. The van der Waals surface area contributed by atoms with Gasteiger partial charge in [0.15, 0.2) is 0 Å². The first-order valence-electron chi connectivity index (χ1n) is 36.4. The van der Waals surface area contributed by atoms with Gasteiger partial charge >= 0.3 is 5.97 Å². The van der Waals surface area contributed by atoms with Gasteiger partial charge in [0.1, 0.15) is 0 Å². The van der Waals surface area contributed by atoms with Crippen molar-refractivity contribution in [2.24, 2.45) is 0 Å². The van der Waals surface area contributed by atoms with Gasteiger partial charge in [-0.05, 0) is 89.9 Å². The average molecular weight is 1140 g/mol. The molecule has 0 aliphatic carbocycles. The molecule has 0 aliphatic rings. The molecular weight excluding hydrogens is 995 g/mol. The molecule has 476 valence electrons. The first-order chi connectivity index (χ1) is 40.0. The van der Waals surface area contributed by atoms with Crippen LogP contribution >= 0.6 is 0 Å². The number of aliphatic hydroxyl groups is 2.